The maximum Gasteiger partial charge on any atom is 0.262 e. The fourth-order valence-corrected chi connectivity index (χ4v) is 3.93. The smallest absolute Gasteiger partial charge is 0.262 e. The third-order valence-electron chi connectivity index (χ3n) is 4.99. The van der Waals surface area contributed by atoms with Crippen LogP contribution in [-0.4, -0.2) is 24.1 Å². The van der Waals surface area contributed by atoms with Crippen LogP contribution in [0.1, 0.15) is 35.3 Å². The number of carbonyl (C=O) groups excluding carboxylic acids is 2. The summed E-state index contributed by atoms with van der Waals surface area (Å²) in [5.74, 6) is -0.204. The van der Waals surface area contributed by atoms with Crippen LogP contribution in [0.5, 0.6) is 5.75 Å². The van der Waals surface area contributed by atoms with Gasteiger partial charge in [-0.25, -0.2) is 5.43 Å². The number of amides is 2. The zero-order chi connectivity index (χ0) is 25.4. The molecule has 0 bridgehead atoms. The van der Waals surface area contributed by atoms with Crippen molar-refractivity contribution in [2.75, 3.05) is 0 Å². The van der Waals surface area contributed by atoms with Gasteiger partial charge < -0.3 is 10.1 Å². The number of nitrogens with one attached hydrogen (secondary N) is 2. The lowest BCUT2D eigenvalue weighted by atomic mass is 10.0. The van der Waals surface area contributed by atoms with Gasteiger partial charge >= 0.3 is 0 Å². The highest BCUT2D eigenvalue weighted by atomic mass is 79.9. The SMILES string of the molecule is CC(C)C(NC(=O)c1ccccc1)C(=O)N/N=C/c1ccc(OCc2ccc(Cl)c(Cl)c2)c(Br)c1. The molecule has 3 aromatic carbocycles. The van der Waals surface area contributed by atoms with E-state index in [0.29, 0.717) is 28.0 Å². The Hall–Kier alpha value is -2.87. The van der Waals surface area contributed by atoms with Crippen molar-refractivity contribution in [3.63, 3.8) is 0 Å². The number of rotatable bonds is 9. The first-order valence-corrected chi connectivity index (χ1v) is 12.3. The lowest BCUT2D eigenvalue weighted by Crippen LogP contribution is -2.48. The molecule has 3 rings (SSSR count). The summed E-state index contributed by atoms with van der Waals surface area (Å²) in [6, 6.07) is 18.8. The maximum atomic E-state index is 12.6. The van der Waals surface area contributed by atoms with Crippen LogP contribution in [0.4, 0.5) is 0 Å². The molecule has 35 heavy (non-hydrogen) atoms. The van der Waals surface area contributed by atoms with Crippen molar-refractivity contribution in [1.29, 1.82) is 0 Å². The second kappa shape index (κ2) is 12.7. The number of carbonyl (C=O) groups is 2. The summed E-state index contributed by atoms with van der Waals surface area (Å²) in [7, 11) is 0. The molecule has 0 aromatic heterocycles. The molecule has 6 nitrogen and oxygen atoms in total. The number of hydrogen-bond donors (Lipinski definition) is 2. The van der Waals surface area contributed by atoms with Gasteiger partial charge in [0.2, 0.25) is 0 Å². The van der Waals surface area contributed by atoms with Gasteiger partial charge in [-0.3, -0.25) is 9.59 Å². The van der Waals surface area contributed by atoms with Crippen LogP contribution in [0.15, 0.2) is 76.3 Å². The second-order valence-corrected chi connectivity index (χ2v) is 9.69. The van der Waals surface area contributed by atoms with Gasteiger partial charge in [0.1, 0.15) is 18.4 Å². The Morgan fingerprint density at radius 1 is 1.03 bits per heavy atom. The lowest BCUT2D eigenvalue weighted by Gasteiger charge is -2.20. The largest absolute Gasteiger partial charge is 0.488 e. The van der Waals surface area contributed by atoms with Crippen LogP contribution in [0, 0.1) is 5.92 Å². The Morgan fingerprint density at radius 2 is 1.77 bits per heavy atom. The quantitative estimate of drug-likeness (QED) is 0.234. The van der Waals surface area contributed by atoms with E-state index < -0.39 is 11.9 Å². The van der Waals surface area contributed by atoms with Gasteiger partial charge in [0.05, 0.1) is 20.7 Å². The molecule has 2 N–H and O–H groups in total. The zero-order valence-electron chi connectivity index (χ0n) is 19.1. The third kappa shape index (κ3) is 7.82. The molecule has 0 saturated heterocycles. The predicted molar refractivity (Wildman–Crippen MR) is 143 cm³/mol. The van der Waals surface area contributed by atoms with Crippen LogP contribution in [0.25, 0.3) is 0 Å². The predicted octanol–water partition coefficient (Wildman–Crippen LogP) is 6.24. The fraction of sp³-hybridized carbons (Fsp3) is 0.192. The molecule has 0 aliphatic carbocycles. The monoisotopic (exact) mass is 575 g/mol. The first-order chi connectivity index (χ1) is 16.7. The van der Waals surface area contributed by atoms with E-state index in [4.69, 9.17) is 27.9 Å². The van der Waals surface area contributed by atoms with Gasteiger partial charge in [-0.15, -0.1) is 0 Å². The van der Waals surface area contributed by atoms with Gasteiger partial charge in [0, 0.05) is 5.56 Å². The highest BCUT2D eigenvalue weighted by molar-refractivity contribution is 9.10. The maximum absolute atomic E-state index is 12.6. The number of ether oxygens (including phenoxy) is 1. The van der Waals surface area contributed by atoms with Crippen LogP contribution < -0.4 is 15.5 Å². The number of hydrazone groups is 1. The van der Waals surface area contributed by atoms with Gasteiger partial charge in [0.15, 0.2) is 0 Å². The normalized spacial score (nSPS) is 11.9. The molecule has 9 heteroatoms. The fourth-order valence-electron chi connectivity index (χ4n) is 3.09. The minimum absolute atomic E-state index is 0.126. The van der Waals surface area contributed by atoms with Crippen molar-refractivity contribution < 1.29 is 14.3 Å². The molecule has 1 atom stereocenters. The van der Waals surface area contributed by atoms with Crippen molar-refractivity contribution in [3.05, 3.63) is 97.9 Å². The van der Waals surface area contributed by atoms with Crippen LogP contribution >= 0.6 is 39.1 Å². The van der Waals surface area contributed by atoms with Crippen LogP contribution in [0.3, 0.4) is 0 Å². The Morgan fingerprint density at radius 3 is 2.43 bits per heavy atom. The molecule has 0 radical (unpaired) electrons. The van der Waals surface area contributed by atoms with E-state index in [1.165, 1.54) is 6.21 Å². The summed E-state index contributed by atoms with van der Waals surface area (Å²) >= 11 is 15.5. The standard InChI is InChI=1S/C26H24BrCl2N3O3/c1-16(2)24(31-25(33)19-6-4-3-5-7-19)26(34)32-30-14-17-9-11-23(20(27)12-17)35-15-18-8-10-21(28)22(29)13-18/h3-14,16,24H,15H2,1-2H3,(H,31,33)(H,32,34)/b30-14+. The molecule has 2 amide bonds. The van der Waals surface area contributed by atoms with Gasteiger partial charge in [-0.05, 0) is 75.4 Å². The molecule has 0 spiro atoms. The van der Waals surface area contributed by atoms with Crippen molar-refractivity contribution in [2.24, 2.45) is 11.0 Å². The molecule has 0 aliphatic heterocycles. The van der Waals surface area contributed by atoms with Gasteiger partial charge in [0.25, 0.3) is 11.8 Å². The summed E-state index contributed by atoms with van der Waals surface area (Å²) < 4.78 is 6.57. The van der Waals surface area contributed by atoms with Gasteiger partial charge in [-0.1, -0.05) is 61.3 Å². The Bertz CT molecular complexity index is 1220. The first kappa shape index (κ1) is 26.7. The van der Waals surface area contributed by atoms with E-state index in [1.54, 1.807) is 42.5 Å². The Labute approximate surface area is 222 Å². The minimum atomic E-state index is -0.733. The second-order valence-electron chi connectivity index (χ2n) is 8.02. The molecule has 1 unspecified atom stereocenters. The Balaban J connectivity index is 1.57. The molecule has 0 aliphatic rings. The molecule has 0 heterocycles. The number of nitrogens with zero attached hydrogens (tertiary/aromatic N) is 1. The molecule has 0 saturated carbocycles. The van der Waals surface area contributed by atoms with Crippen molar-refractivity contribution in [2.45, 2.75) is 26.5 Å². The van der Waals surface area contributed by atoms with E-state index >= 15 is 0 Å². The van der Waals surface area contributed by atoms with Crippen molar-refractivity contribution in [3.8, 4) is 5.75 Å². The molecular formula is C26H24BrCl2N3O3. The molecular weight excluding hydrogens is 553 g/mol. The van der Waals surface area contributed by atoms with Crippen molar-refractivity contribution in [1.82, 2.24) is 10.7 Å². The lowest BCUT2D eigenvalue weighted by molar-refractivity contribution is -0.123. The highest BCUT2D eigenvalue weighted by Gasteiger charge is 2.24. The number of benzene rings is 3. The van der Waals surface area contributed by atoms with Gasteiger partial charge in [-0.2, -0.15) is 5.10 Å². The number of hydrogen-bond acceptors (Lipinski definition) is 4. The summed E-state index contributed by atoms with van der Waals surface area (Å²) in [6.07, 6.45) is 1.52. The van der Waals surface area contributed by atoms with E-state index in [9.17, 15) is 9.59 Å². The average Bonchev–Trinajstić information content (AvgIpc) is 2.84. The topological polar surface area (TPSA) is 79.8 Å². The summed E-state index contributed by atoms with van der Waals surface area (Å²) in [5, 5.41) is 7.77. The van der Waals surface area contributed by atoms with Crippen molar-refractivity contribution >= 4 is 57.2 Å². The molecule has 182 valence electrons. The summed E-state index contributed by atoms with van der Waals surface area (Å²) in [4.78, 5) is 25.1. The van der Waals surface area contributed by atoms with Crippen LogP contribution in [0.2, 0.25) is 10.0 Å². The third-order valence-corrected chi connectivity index (χ3v) is 6.35. The average molecular weight is 577 g/mol. The summed E-state index contributed by atoms with van der Waals surface area (Å²) in [5.41, 5.74) is 4.62. The molecule has 3 aromatic rings. The van der Waals surface area contributed by atoms with Crippen LogP contribution in [-0.2, 0) is 11.4 Å². The van der Waals surface area contributed by atoms with E-state index in [0.717, 1.165) is 15.6 Å². The number of halogens is 3. The molecule has 0 fully saturated rings. The summed E-state index contributed by atoms with van der Waals surface area (Å²) in [6.45, 7) is 4.03. The first-order valence-electron chi connectivity index (χ1n) is 10.8. The highest BCUT2D eigenvalue weighted by Crippen LogP contribution is 2.28. The van der Waals surface area contributed by atoms with E-state index in [2.05, 4.69) is 31.8 Å². The minimum Gasteiger partial charge on any atom is -0.488 e. The van der Waals surface area contributed by atoms with E-state index in [1.807, 2.05) is 38.1 Å². The van der Waals surface area contributed by atoms with E-state index in [-0.39, 0.29) is 11.8 Å². The Kier molecular flexibility index (Phi) is 9.72. The zero-order valence-corrected chi connectivity index (χ0v) is 22.2.